The Balaban J connectivity index is 2.12. The van der Waals surface area contributed by atoms with Crippen LogP contribution < -0.4 is 4.74 Å². The van der Waals surface area contributed by atoms with E-state index in [9.17, 15) is 4.79 Å². The molecule has 150 valence electrons. The van der Waals surface area contributed by atoms with Crippen molar-refractivity contribution in [2.24, 2.45) is 5.41 Å². The van der Waals surface area contributed by atoms with Gasteiger partial charge in [-0.25, -0.2) is 14.4 Å². The van der Waals surface area contributed by atoms with E-state index in [1.165, 1.54) is 0 Å². The topological polar surface area (TPSA) is 65.7 Å². The van der Waals surface area contributed by atoms with Gasteiger partial charge in [0.1, 0.15) is 0 Å². The number of nitrogens with zero attached hydrogens (tertiary/aromatic N) is 3. The SMILES string of the molecule is CCc1c(C(C)CC)nc2nc3ccccc3n2c1OCOC(=O)C(C)(C)C. The van der Waals surface area contributed by atoms with E-state index in [0.717, 1.165) is 35.1 Å². The number of ether oxygens (including phenoxy) is 2. The predicted octanol–water partition coefficient (Wildman–Crippen LogP) is 4.88. The molecule has 1 aromatic carbocycles. The summed E-state index contributed by atoms with van der Waals surface area (Å²) in [6.45, 7) is 11.7. The fourth-order valence-corrected chi connectivity index (χ4v) is 3.15. The number of para-hydroxylation sites is 2. The molecule has 0 aliphatic carbocycles. The van der Waals surface area contributed by atoms with Crippen LogP contribution in [0.5, 0.6) is 5.88 Å². The zero-order valence-corrected chi connectivity index (χ0v) is 17.6. The van der Waals surface area contributed by atoms with Crippen LogP contribution in [0.3, 0.4) is 0 Å². The Hall–Kier alpha value is -2.63. The molecule has 0 spiro atoms. The molecule has 0 radical (unpaired) electrons. The predicted molar refractivity (Wildman–Crippen MR) is 110 cm³/mol. The first-order chi connectivity index (χ1) is 13.3. The smallest absolute Gasteiger partial charge is 0.314 e. The van der Waals surface area contributed by atoms with E-state index >= 15 is 0 Å². The summed E-state index contributed by atoms with van der Waals surface area (Å²) in [5.74, 6) is 1.23. The van der Waals surface area contributed by atoms with Crippen molar-refractivity contribution >= 4 is 22.8 Å². The van der Waals surface area contributed by atoms with Crippen molar-refractivity contribution in [3.63, 3.8) is 0 Å². The highest BCUT2D eigenvalue weighted by molar-refractivity contribution is 5.80. The van der Waals surface area contributed by atoms with E-state index < -0.39 is 5.41 Å². The second-order valence-electron chi connectivity index (χ2n) is 8.12. The Kier molecular flexibility index (Phi) is 5.59. The van der Waals surface area contributed by atoms with Crippen LogP contribution in [-0.2, 0) is 16.0 Å². The van der Waals surface area contributed by atoms with Crippen LogP contribution in [0.2, 0.25) is 0 Å². The maximum absolute atomic E-state index is 12.1. The van der Waals surface area contributed by atoms with Crippen molar-refractivity contribution < 1.29 is 14.3 Å². The number of esters is 1. The largest absolute Gasteiger partial charge is 0.441 e. The molecule has 2 aromatic heterocycles. The molecule has 28 heavy (non-hydrogen) atoms. The lowest BCUT2D eigenvalue weighted by Crippen LogP contribution is -2.25. The van der Waals surface area contributed by atoms with Crippen LogP contribution in [-0.4, -0.2) is 27.1 Å². The van der Waals surface area contributed by atoms with Gasteiger partial charge in [-0.3, -0.25) is 4.79 Å². The van der Waals surface area contributed by atoms with Gasteiger partial charge in [0.25, 0.3) is 0 Å². The summed E-state index contributed by atoms with van der Waals surface area (Å²) in [5, 5.41) is 0. The van der Waals surface area contributed by atoms with Crippen LogP contribution in [0.4, 0.5) is 0 Å². The summed E-state index contributed by atoms with van der Waals surface area (Å²) in [4.78, 5) is 21.7. The van der Waals surface area contributed by atoms with Gasteiger partial charge < -0.3 is 9.47 Å². The zero-order valence-electron chi connectivity index (χ0n) is 17.6. The van der Waals surface area contributed by atoms with E-state index in [4.69, 9.17) is 14.5 Å². The molecule has 0 saturated heterocycles. The number of aromatic nitrogens is 3. The molecule has 3 aromatic rings. The third kappa shape index (κ3) is 3.68. The fourth-order valence-electron chi connectivity index (χ4n) is 3.15. The summed E-state index contributed by atoms with van der Waals surface area (Å²) in [5.41, 5.74) is 3.22. The molecule has 6 nitrogen and oxygen atoms in total. The van der Waals surface area contributed by atoms with Crippen molar-refractivity contribution in [2.45, 2.75) is 60.3 Å². The normalized spacial score (nSPS) is 13.1. The Morgan fingerprint density at radius 1 is 1.18 bits per heavy atom. The summed E-state index contributed by atoms with van der Waals surface area (Å²) >= 11 is 0. The lowest BCUT2D eigenvalue weighted by atomic mass is 9.98. The Bertz CT molecular complexity index is 1000. The number of imidazole rings is 1. The molecule has 0 N–H and O–H groups in total. The third-order valence-electron chi connectivity index (χ3n) is 4.96. The van der Waals surface area contributed by atoms with Gasteiger partial charge in [-0.15, -0.1) is 0 Å². The van der Waals surface area contributed by atoms with Crippen molar-refractivity contribution in [1.29, 1.82) is 0 Å². The van der Waals surface area contributed by atoms with Gasteiger partial charge in [0.15, 0.2) is 0 Å². The number of carbonyl (C=O) groups excluding carboxylic acids is 1. The van der Waals surface area contributed by atoms with Crippen LogP contribution in [0.25, 0.3) is 16.8 Å². The van der Waals surface area contributed by atoms with Crippen LogP contribution in [0.1, 0.15) is 65.1 Å². The maximum atomic E-state index is 12.1. The fraction of sp³-hybridized carbons (Fsp3) is 0.500. The van der Waals surface area contributed by atoms with Crippen molar-refractivity contribution in [3.05, 3.63) is 35.5 Å². The third-order valence-corrected chi connectivity index (χ3v) is 4.96. The van der Waals surface area contributed by atoms with Crippen LogP contribution in [0, 0.1) is 5.41 Å². The quantitative estimate of drug-likeness (QED) is 0.448. The van der Waals surface area contributed by atoms with E-state index in [1.54, 1.807) is 0 Å². The zero-order chi connectivity index (χ0) is 20.5. The molecule has 0 aliphatic rings. The molecule has 1 unspecified atom stereocenters. The monoisotopic (exact) mass is 383 g/mol. The van der Waals surface area contributed by atoms with Gasteiger partial charge in [-0.1, -0.05) is 32.9 Å². The molecule has 0 saturated carbocycles. The lowest BCUT2D eigenvalue weighted by Gasteiger charge is -2.20. The average Bonchev–Trinajstić information content (AvgIpc) is 3.04. The number of rotatable bonds is 6. The summed E-state index contributed by atoms with van der Waals surface area (Å²) in [6, 6.07) is 7.88. The minimum absolute atomic E-state index is 0.144. The molecule has 6 heteroatoms. The lowest BCUT2D eigenvalue weighted by molar-refractivity contribution is -0.159. The number of hydrogen-bond acceptors (Lipinski definition) is 5. The Morgan fingerprint density at radius 2 is 1.89 bits per heavy atom. The maximum Gasteiger partial charge on any atom is 0.314 e. The highest BCUT2D eigenvalue weighted by Gasteiger charge is 2.25. The summed E-state index contributed by atoms with van der Waals surface area (Å²) < 4.78 is 13.3. The molecule has 0 fully saturated rings. The van der Waals surface area contributed by atoms with Gasteiger partial charge in [0.2, 0.25) is 18.5 Å². The molecule has 1 atom stereocenters. The Labute approximate surface area is 165 Å². The molecule has 2 heterocycles. The molecular formula is C22H29N3O3. The Morgan fingerprint density at radius 3 is 2.54 bits per heavy atom. The number of carbonyl (C=O) groups is 1. The van der Waals surface area contributed by atoms with Crippen molar-refractivity contribution in [2.75, 3.05) is 6.79 Å². The molecule has 0 bridgehead atoms. The highest BCUT2D eigenvalue weighted by Crippen LogP contribution is 2.32. The minimum atomic E-state index is -0.575. The van der Waals surface area contributed by atoms with Crippen molar-refractivity contribution in [1.82, 2.24) is 14.4 Å². The molecule has 3 rings (SSSR count). The van der Waals surface area contributed by atoms with Crippen molar-refractivity contribution in [3.8, 4) is 5.88 Å². The molecule has 0 aliphatic heterocycles. The first-order valence-electron chi connectivity index (χ1n) is 9.87. The number of benzene rings is 1. The van der Waals surface area contributed by atoms with Gasteiger partial charge in [0, 0.05) is 5.56 Å². The number of fused-ring (bicyclic) bond motifs is 3. The molecular weight excluding hydrogens is 354 g/mol. The first-order valence-corrected chi connectivity index (χ1v) is 9.87. The second-order valence-corrected chi connectivity index (χ2v) is 8.12. The van der Waals surface area contributed by atoms with E-state index in [1.807, 2.05) is 49.4 Å². The highest BCUT2D eigenvalue weighted by atomic mass is 16.7. The summed E-state index contributed by atoms with van der Waals surface area (Å²) in [6.07, 6.45) is 1.73. The second kappa shape index (κ2) is 7.78. The minimum Gasteiger partial charge on any atom is -0.441 e. The van der Waals surface area contributed by atoms with Crippen LogP contribution >= 0.6 is 0 Å². The van der Waals surface area contributed by atoms with E-state index in [-0.39, 0.29) is 18.7 Å². The van der Waals surface area contributed by atoms with E-state index in [0.29, 0.717) is 11.7 Å². The average molecular weight is 383 g/mol. The summed E-state index contributed by atoms with van der Waals surface area (Å²) in [7, 11) is 0. The van der Waals surface area contributed by atoms with Crippen LogP contribution in [0.15, 0.2) is 24.3 Å². The van der Waals surface area contributed by atoms with Gasteiger partial charge in [0.05, 0.1) is 22.1 Å². The first kappa shape index (κ1) is 20.1. The van der Waals surface area contributed by atoms with Gasteiger partial charge >= 0.3 is 5.97 Å². The molecule has 0 amide bonds. The number of hydrogen-bond donors (Lipinski definition) is 0. The van der Waals surface area contributed by atoms with Gasteiger partial charge in [-0.05, 0) is 51.7 Å². The standard InChI is InChI=1S/C22H29N3O3/c1-7-14(3)18-15(8-2)19(27-13-28-20(26)22(4,5)6)25-17-12-10-9-11-16(17)23-21(25)24-18/h9-12,14H,7-8,13H2,1-6H3. The van der Waals surface area contributed by atoms with E-state index in [2.05, 4.69) is 25.8 Å². The van der Waals surface area contributed by atoms with Gasteiger partial charge in [-0.2, -0.15) is 0 Å².